The van der Waals surface area contributed by atoms with Crippen LogP contribution in [-0.2, 0) is 9.59 Å². The van der Waals surface area contributed by atoms with Crippen LogP contribution in [0.5, 0.6) is 0 Å². The van der Waals surface area contributed by atoms with Gasteiger partial charge in [0.15, 0.2) is 5.78 Å². The second-order valence-electron chi connectivity index (χ2n) is 8.83. The standard InChI is InChI=1S/C21H31NO4/c1-11-6-9-15-14(10-11)8-7-12(2)21(15,4)19(25)16-18(24)17(13(3)23)22(5)20(16)26/h7-8,11-15,17,23,25H,6,9-10H2,1-5H3/t11-,12-,13-,14+,15-,17+,21-/m0/s1. The summed E-state index contributed by atoms with van der Waals surface area (Å²) in [5.74, 6) is 0.219. The number of nitrogens with zero attached hydrogens (tertiary/aromatic N) is 1. The molecule has 1 aliphatic heterocycles. The molecule has 0 radical (unpaired) electrons. The molecule has 3 rings (SSSR count). The third-order valence-corrected chi connectivity index (χ3v) is 7.20. The van der Waals surface area contributed by atoms with E-state index in [2.05, 4.69) is 19.1 Å². The molecule has 1 saturated heterocycles. The summed E-state index contributed by atoms with van der Waals surface area (Å²) in [4.78, 5) is 26.8. The van der Waals surface area contributed by atoms with E-state index < -0.39 is 29.3 Å². The molecule has 2 N–H and O–H groups in total. The van der Waals surface area contributed by atoms with Crippen LogP contribution in [0.1, 0.15) is 47.0 Å². The minimum atomic E-state index is -0.971. The number of carbonyl (C=O) groups excluding carboxylic acids is 2. The summed E-state index contributed by atoms with van der Waals surface area (Å²) in [5, 5.41) is 21.2. The van der Waals surface area contributed by atoms with E-state index in [0.717, 1.165) is 19.3 Å². The van der Waals surface area contributed by atoms with Crippen LogP contribution in [0.15, 0.2) is 23.5 Å². The molecule has 0 aromatic heterocycles. The van der Waals surface area contributed by atoms with E-state index in [0.29, 0.717) is 11.8 Å². The lowest BCUT2D eigenvalue weighted by atomic mass is 9.54. The Bertz CT molecular complexity index is 679. The molecule has 0 bridgehead atoms. The Labute approximate surface area is 155 Å². The van der Waals surface area contributed by atoms with Gasteiger partial charge in [-0.25, -0.2) is 0 Å². The summed E-state index contributed by atoms with van der Waals surface area (Å²) < 4.78 is 0. The number of likely N-dealkylation sites (tertiary alicyclic amines) is 1. The predicted molar refractivity (Wildman–Crippen MR) is 99.3 cm³/mol. The van der Waals surface area contributed by atoms with Crippen LogP contribution in [0.4, 0.5) is 0 Å². The average molecular weight is 361 g/mol. The highest BCUT2D eigenvalue weighted by Crippen LogP contribution is 2.55. The van der Waals surface area contributed by atoms with Gasteiger partial charge >= 0.3 is 0 Å². The third kappa shape index (κ3) is 2.63. The Balaban J connectivity index is 2.08. The highest BCUT2D eigenvalue weighted by atomic mass is 16.3. The quantitative estimate of drug-likeness (QED) is 0.343. The van der Waals surface area contributed by atoms with Crippen molar-refractivity contribution in [3.8, 4) is 0 Å². The van der Waals surface area contributed by atoms with Gasteiger partial charge < -0.3 is 15.1 Å². The summed E-state index contributed by atoms with van der Waals surface area (Å²) in [6.07, 6.45) is 6.56. The lowest BCUT2D eigenvalue weighted by Gasteiger charge is -2.50. The maximum Gasteiger partial charge on any atom is 0.261 e. The second kappa shape index (κ2) is 6.52. The topological polar surface area (TPSA) is 77.8 Å². The molecular weight excluding hydrogens is 330 g/mol. The first-order valence-electron chi connectivity index (χ1n) is 9.72. The van der Waals surface area contributed by atoms with Gasteiger partial charge in [0.05, 0.1) is 6.10 Å². The van der Waals surface area contributed by atoms with Gasteiger partial charge in [-0.1, -0.05) is 39.3 Å². The van der Waals surface area contributed by atoms with Crippen molar-refractivity contribution in [2.75, 3.05) is 7.05 Å². The summed E-state index contributed by atoms with van der Waals surface area (Å²) in [7, 11) is 1.51. The first kappa shape index (κ1) is 19.2. The van der Waals surface area contributed by atoms with E-state index in [1.54, 1.807) is 0 Å². The molecule has 7 atom stereocenters. The number of fused-ring (bicyclic) bond motifs is 1. The van der Waals surface area contributed by atoms with Crippen molar-refractivity contribution >= 4 is 11.7 Å². The Morgan fingerprint density at radius 3 is 2.50 bits per heavy atom. The smallest absolute Gasteiger partial charge is 0.261 e. The maximum atomic E-state index is 12.9. The minimum absolute atomic E-state index is 0.0289. The van der Waals surface area contributed by atoms with Crippen LogP contribution in [0.2, 0.25) is 0 Å². The Morgan fingerprint density at radius 2 is 1.92 bits per heavy atom. The van der Waals surface area contributed by atoms with Crippen LogP contribution in [0, 0.1) is 29.1 Å². The van der Waals surface area contributed by atoms with Crippen LogP contribution in [-0.4, -0.2) is 46.0 Å². The van der Waals surface area contributed by atoms with Crippen LogP contribution in [0.3, 0.4) is 0 Å². The SMILES string of the molecule is C[C@H]1CC[C@H]2[C@H](C=C[C@H](C)[C@]2(C)C(O)=C2C(=O)[C@@H]([C@H](C)O)N(C)C2=O)C1. The van der Waals surface area contributed by atoms with Crippen molar-refractivity contribution in [3.05, 3.63) is 23.5 Å². The van der Waals surface area contributed by atoms with Crippen LogP contribution < -0.4 is 0 Å². The molecule has 5 heteroatoms. The van der Waals surface area contributed by atoms with Crippen molar-refractivity contribution in [2.24, 2.45) is 29.1 Å². The zero-order valence-electron chi connectivity index (χ0n) is 16.4. The molecule has 0 aromatic rings. The van der Waals surface area contributed by atoms with Gasteiger partial charge in [-0.2, -0.15) is 0 Å². The molecule has 2 fully saturated rings. The van der Waals surface area contributed by atoms with E-state index in [1.807, 2.05) is 13.8 Å². The number of likely N-dealkylation sites (N-methyl/N-ethyl adjacent to an activating group) is 1. The molecule has 3 aliphatic rings. The Hall–Kier alpha value is -1.62. The fourth-order valence-electron chi connectivity index (χ4n) is 5.38. The fourth-order valence-corrected chi connectivity index (χ4v) is 5.38. The number of hydrogen-bond donors (Lipinski definition) is 2. The lowest BCUT2D eigenvalue weighted by Crippen LogP contribution is -2.45. The number of Topliss-reactive ketones (excluding diaryl/α,β-unsaturated/α-hetero) is 1. The summed E-state index contributed by atoms with van der Waals surface area (Å²) in [6, 6.07) is -0.917. The largest absolute Gasteiger partial charge is 0.511 e. The highest BCUT2D eigenvalue weighted by molar-refractivity contribution is 6.27. The third-order valence-electron chi connectivity index (χ3n) is 7.20. The maximum absolute atomic E-state index is 12.9. The fraction of sp³-hybridized carbons (Fsp3) is 0.714. The average Bonchev–Trinajstić information content (AvgIpc) is 2.79. The molecule has 0 aromatic carbocycles. The van der Waals surface area contributed by atoms with E-state index in [-0.39, 0.29) is 23.2 Å². The van der Waals surface area contributed by atoms with Gasteiger partial charge in [-0.15, -0.1) is 0 Å². The zero-order chi connectivity index (χ0) is 19.4. The molecule has 2 aliphatic carbocycles. The molecule has 1 saturated carbocycles. The van der Waals surface area contributed by atoms with Crippen molar-refractivity contribution in [1.82, 2.24) is 4.90 Å². The molecule has 144 valence electrons. The molecule has 0 spiro atoms. The normalized spacial score (nSPS) is 43.5. The van der Waals surface area contributed by atoms with Crippen LogP contribution >= 0.6 is 0 Å². The number of allylic oxidation sites excluding steroid dienone is 3. The van der Waals surface area contributed by atoms with E-state index in [1.165, 1.54) is 18.9 Å². The van der Waals surface area contributed by atoms with Gasteiger partial charge in [0.2, 0.25) is 0 Å². The summed E-state index contributed by atoms with van der Waals surface area (Å²) in [6.45, 7) is 7.79. The number of hydrogen-bond acceptors (Lipinski definition) is 4. The number of aliphatic hydroxyl groups is 2. The van der Waals surface area contributed by atoms with Gasteiger partial charge in [-0.3, -0.25) is 9.59 Å². The Morgan fingerprint density at radius 1 is 1.27 bits per heavy atom. The first-order chi connectivity index (χ1) is 12.1. The first-order valence-corrected chi connectivity index (χ1v) is 9.72. The predicted octanol–water partition coefficient (Wildman–Crippen LogP) is 2.85. The van der Waals surface area contributed by atoms with Crippen molar-refractivity contribution in [3.63, 3.8) is 0 Å². The van der Waals surface area contributed by atoms with Crippen LogP contribution in [0.25, 0.3) is 0 Å². The van der Waals surface area contributed by atoms with Gasteiger partial charge in [0.25, 0.3) is 5.91 Å². The van der Waals surface area contributed by atoms with Crippen molar-refractivity contribution in [1.29, 1.82) is 0 Å². The van der Waals surface area contributed by atoms with E-state index in [4.69, 9.17) is 0 Å². The minimum Gasteiger partial charge on any atom is -0.511 e. The number of carbonyl (C=O) groups is 2. The number of aliphatic hydroxyl groups excluding tert-OH is 2. The van der Waals surface area contributed by atoms with Gasteiger partial charge in [0.1, 0.15) is 17.4 Å². The Kier molecular flexibility index (Phi) is 4.80. The monoisotopic (exact) mass is 361 g/mol. The highest BCUT2D eigenvalue weighted by Gasteiger charge is 2.54. The van der Waals surface area contributed by atoms with E-state index >= 15 is 0 Å². The molecule has 1 heterocycles. The van der Waals surface area contributed by atoms with Crippen molar-refractivity contribution < 1.29 is 19.8 Å². The molecule has 1 amide bonds. The lowest BCUT2D eigenvalue weighted by molar-refractivity contribution is -0.128. The molecule has 5 nitrogen and oxygen atoms in total. The van der Waals surface area contributed by atoms with Gasteiger partial charge in [-0.05, 0) is 43.4 Å². The summed E-state index contributed by atoms with van der Waals surface area (Å²) >= 11 is 0. The number of ketones is 1. The molecular formula is C21H31NO4. The number of rotatable bonds is 2. The zero-order valence-corrected chi connectivity index (χ0v) is 16.4. The van der Waals surface area contributed by atoms with E-state index in [9.17, 15) is 19.8 Å². The second-order valence-corrected chi connectivity index (χ2v) is 8.83. The van der Waals surface area contributed by atoms with Gasteiger partial charge in [0, 0.05) is 12.5 Å². The molecule has 0 unspecified atom stereocenters. The van der Waals surface area contributed by atoms with Crippen molar-refractivity contribution in [2.45, 2.75) is 59.1 Å². The summed E-state index contributed by atoms with van der Waals surface area (Å²) in [5.41, 5.74) is -0.769. The number of amides is 1. The molecule has 26 heavy (non-hydrogen) atoms.